The Balaban J connectivity index is 2.39. The van der Waals surface area contributed by atoms with Gasteiger partial charge in [0.15, 0.2) is 5.82 Å². The van der Waals surface area contributed by atoms with Gasteiger partial charge in [-0.05, 0) is 43.7 Å². The number of aliphatic imine (C=N–C) groups is 1. The fraction of sp³-hybridized carbons (Fsp3) is 0.333. The summed E-state index contributed by atoms with van der Waals surface area (Å²) in [5, 5.41) is 7.52. The summed E-state index contributed by atoms with van der Waals surface area (Å²) in [6.45, 7) is 4.17. The second kappa shape index (κ2) is 7.33. The van der Waals surface area contributed by atoms with E-state index in [1.54, 1.807) is 13.0 Å². The van der Waals surface area contributed by atoms with Gasteiger partial charge in [-0.15, -0.1) is 0 Å². The molecule has 1 aliphatic heterocycles. The molecule has 1 heterocycles. The van der Waals surface area contributed by atoms with E-state index >= 15 is 0 Å². The van der Waals surface area contributed by atoms with Gasteiger partial charge in [-0.1, -0.05) is 32.8 Å². The van der Waals surface area contributed by atoms with E-state index in [0.717, 1.165) is 23.6 Å². The van der Waals surface area contributed by atoms with Crippen LogP contribution in [0.3, 0.4) is 0 Å². The van der Waals surface area contributed by atoms with Crippen molar-refractivity contribution in [2.24, 2.45) is 10.1 Å². The highest BCUT2D eigenvalue weighted by molar-refractivity contribution is 8.45. The van der Waals surface area contributed by atoms with E-state index in [2.05, 4.69) is 15.4 Å². The molecule has 1 aromatic rings. The molecule has 0 unspecified atom stereocenters. The maximum absolute atomic E-state index is 13.3. The predicted molar refractivity (Wildman–Crippen MR) is 107 cm³/mol. The van der Waals surface area contributed by atoms with Gasteiger partial charge in [0, 0.05) is 24.4 Å². The number of halogens is 7. The molecule has 0 saturated heterocycles. The van der Waals surface area contributed by atoms with Crippen molar-refractivity contribution in [2.45, 2.75) is 44.4 Å². The molecule has 1 aromatic carbocycles. The fourth-order valence-electron chi connectivity index (χ4n) is 2.36. The molecule has 0 saturated carbocycles. The molecular weight excluding hydrogens is 437 g/mol. The summed E-state index contributed by atoms with van der Waals surface area (Å²) in [6, 6.07) is 2.16. The molecular formula is C18H21F7N4S. The molecule has 0 radical (unpaired) electrons. The summed E-state index contributed by atoms with van der Waals surface area (Å²) in [5.74, 6) is -2.87. The molecule has 0 amide bonds. The van der Waals surface area contributed by atoms with Crippen molar-refractivity contribution >= 4 is 27.8 Å². The quantitative estimate of drug-likeness (QED) is 0.337. The largest absolute Gasteiger partial charge is 0.340 e. The van der Waals surface area contributed by atoms with Crippen LogP contribution in [0, 0.1) is 0 Å². The van der Waals surface area contributed by atoms with Crippen molar-refractivity contribution in [3.63, 3.8) is 0 Å². The zero-order valence-corrected chi connectivity index (χ0v) is 17.2. The highest BCUT2D eigenvalue weighted by Crippen LogP contribution is 3.02. The number of alkyl halides is 2. The van der Waals surface area contributed by atoms with Gasteiger partial charge in [-0.3, -0.25) is 0 Å². The predicted octanol–water partition coefficient (Wildman–Crippen LogP) is 7.66. The zero-order valence-electron chi connectivity index (χ0n) is 16.4. The Morgan fingerprint density at radius 2 is 1.73 bits per heavy atom. The monoisotopic (exact) mass is 458 g/mol. The van der Waals surface area contributed by atoms with Crippen LogP contribution in [0.15, 0.2) is 63.0 Å². The lowest BCUT2D eigenvalue weighted by Crippen LogP contribution is -2.27. The van der Waals surface area contributed by atoms with Crippen molar-refractivity contribution in [1.29, 1.82) is 0 Å². The fourth-order valence-corrected chi connectivity index (χ4v) is 3.01. The average molecular weight is 458 g/mol. The zero-order chi connectivity index (χ0) is 22.9. The average Bonchev–Trinajstić information content (AvgIpc) is 2.56. The van der Waals surface area contributed by atoms with Crippen LogP contribution in [0.4, 0.5) is 33.9 Å². The van der Waals surface area contributed by atoms with Gasteiger partial charge in [0.25, 0.3) is 5.92 Å². The second-order valence-corrected chi connectivity index (χ2v) is 9.17. The number of nitrogens with one attached hydrogen (secondary N) is 1. The third-order valence-electron chi connectivity index (χ3n) is 3.67. The second-order valence-electron chi connectivity index (χ2n) is 6.76. The molecule has 0 bridgehead atoms. The van der Waals surface area contributed by atoms with E-state index in [4.69, 9.17) is 0 Å². The van der Waals surface area contributed by atoms with Crippen molar-refractivity contribution in [1.82, 2.24) is 5.01 Å². The molecule has 0 fully saturated rings. The summed E-state index contributed by atoms with van der Waals surface area (Å²) < 4.78 is 90.9. The van der Waals surface area contributed by atoms with Crippen LogP contribution in [0.2, 0.25) is 0 Å². The van der Waals surface area contributed by atoms with E-state index < -0.39 is 21.0 Å². The third-order valence-corrected chi connectivity index (χ3v) is 4.83. The first-order valence-corrected chi connectivity index (χ1v) is 10.7. The van der Waals surface area contributed by atoms with Gasteiger partial charge in [-0.25, -0.2) is 13.8 Å². The molecule has 4 nitrogen and oxygen atoms in total. The maximum atomic E-state index is 13.3. The minimum atomic E-state index is -9.79. The van der Waals surface area contributed by atoms with E-state index in [1.807, 2.05) is 6.92 Å². The van der Waals surface area contributed by atoms with Crippen LogP contribution in [-0.4, -0.2) is 22.9 Å². The maximum Gasteiger partial charge on any atom is 0.310 e. The molecule has 0 aromatic heterocycles. The van der Waals surface area contributed by atoms with E-state index in [-0.39, 0.29) is 29.5 Å². The lowest BCUT2D eigenvalue weighted by Gasteiger charge is -2.40. The highest BCUT2D eigenvalue weighted by atomic mass is 32.5. The Bertz CT molecular complexity index is 911. The molecule has 30 heavy (non-hydrogen) atoms. The summed E-state index contributed by atoms with van der Waals surface area (Å²) in [6.07, 6.45) is 4.83. The molecule has 1 N–H and O–H groups in total. The van der Waals surface area contributed by atoms with Crippen molar-refractivity contribution in [2.75, 3.05) is 5.32 Å². The smallest absolute Gasteiger partial charge is 0.310 e. The third kappa shape index (κ3) is 6.78. The Labute approximate surface area is 169 Å². The van der Waals surface area contributed by atoms with Crippen LogP contribution >= 0.6 is 10.2 Å². The lowest BCUT2D eigenvalue weighted by atomic mass is 10.2. The number of hydrazone groups is 1. The van der Waals surface area contributed by atoms with Crippen molar-refractivity contribution < 1.29 is 28.2 Å². The van der Waals surface area contributed by atoms with Gasteiger partial charge >= 0.3 is 10.2 Å². The Hall–Kier alpha value is -2.50. The Kier molecular flexibility index (Phi) is 5.81. The van der Waals surface area contributed by atoms with Crippen LogP contribution in [0.5, 0.6) is 0 Å². The molecule has 2 rings (SSSR count). The number of hydrogen-bond donors (Lipinski definition) is 1. The minimum absolute atomic E-state index is 0.0276. The summed E-state index contributed by atoms with van der Waals surface area (Å²) in [7, 11) is -9.79. The number of hydrogen-bond acceptors (Lipinski definition) is 4. The number of anilines is 1. The van der Waals surface area contributed by atoms with Gasteiger partial charge in [0.2, 0.25) is 0 Å². The highest BCUT2D eigenvalue weighted by Gasteiger charge is 2.65. The van der Waals surface area contributed by atoms with Gasteiger partial charge < -0.3 is 5.32 Å². The van der Waals surface area contributed by atoms with Gasteiger partial charge in [-0.2, -0.15) is 10.1 Å². The molecule has 12 heteroatoms. The molecule has 0 spiro atoms. The number of benzene rings is 1. The summed E-state index contributed by atoms with van der Waals surface area (Å²) >= 11 is 0. The minimum Gasteiger partial charge on any atom is -0.340 e. The number of allylic oxidation sites excluding steroid dienone is 2. The SMILES string of the molecule is CCC/C=C1/N=C(C)C=C(Nc2ccc(S(F)(F)(F)(F)F)cc2)N1/N=C/C(C)(F)F. The Morgan fingerprint density at radius 1 is 1.13 bits per heavy atom. The van der Waals surface area contributed by atoms with E-state index in [9.17, 15) is 28.2 Å². The molecule has 0 aliphatic carbocycles. The van der Waals surface area contributed by atoms with Gasteiger partial charge in [0.1, 0.15) is 10.7 Å². The lowest BCUT2D eigenvalue weighted by molar-refractivity contribution is 0.105. The van der Waals surface area contributed by atoms with Crippen molar-refractivity contribution in [3.05, 3.63) is 48.1 Å². The number of unbranched alkanes of at least 4 members (excludes halogenated alkanes) is 1. The number of rotatable bonds is 7. The van der Waals surface area contributed by atoms with Crippen molar-refractivity contribution in [3.8, 4) is 0 Å². The first-order chi connectivity index (χ1) is 13.5. The Morgan fingerprint density at radius 3 is 2.23 bits per heavy atom. The van der Waals surface area contributed by atoms with Crippen LogP contribution in [0.25, 0.3) is 0 Å². The van der Waals surface area contributed by atoms with Crippen LogP contribution in [-0.2, 0) is 0 Å². The first kappa shape index (κ1) is 23.8. The topological polar surface area (TPSA) is 40.0 Å². The van der Waals surface area contributed by atoms with Crippen LogP contribution in [0.1, 0.15) is 33.6 Å². The van der Waals surface area contributed by atoms with E-state index in [1.165, 1.54) is 6.08 Å². The van der Waals surface area contributed by atoms with Gasteiger partial charge in [0.05, 0.1) is 6.21 Å². The molecule has 1 aliphatic rings. The molecule has 168 valence electrons. The number of nitrogens with zero attached hydrogens (tertiary/aromatic N) is 3. The standard InChI is InChI=1S/C18H21F7N4S/c1-4-5-6-16-27-13(2)11-17(29(16)26-12-18(3,19)20)28-14-7-9-15(10-8-14)30(21,22,23,24)25/h6-12,28H,4-5H2,1-3H3/b16-6-,26-12+. The van der Waals surface area contributed by atoms with Crippen LogP contribution < -0.4 is 5.32 Å². The first-order valence-electron chi connectivity index (χ1n) is 8.80. The molecule has 0 atom stereocenters. The normalized spacial score (nSPS) is 19.4. The van der Waals surface area contributed by atoms with E-state index in [0.29, 0.717) is 25.3 Å². The summed E-state index contributed by atoms with van der Waals surface area (Å²) in [5.41, 5.74) is 0.512. The summed E-state index contributed by atoms with van der Waals surface area (Å²) in [4.78, 5) is 2.22.